The maximum atomic E-state index is 12.4. The van der Waals surface area contributed by atoms with Crippen molar-refractivity contribution < 1.29 is 18.0 Å². The van der Waals surface area contributed by atoms with Crippen LogP contribution < -0.4 is 5.32 Å². The number of sulfone groups is 1. The summed E-state index contributed by atoms with van der Waals surface area (Å²) in [6.45, 7) is 1.95. The zero-order chi connectivity index (χ0) is 14.2. The number of nitrogens with one attached hydrogen (secondary N) is 1. The van der Waals surface area contributed by atoms with Gasteiger partial charge in [0.05, 0.1) is 5.75 Å². The van der Waals surface area contributed by atoms with E-state index in [2.05, 4.69) is 5.32 Å². The summed E-state index contributed by atoms with van der Waals surface area (Å²) in [6, 6.07) is -0.713. The predicted octanol–water partition coefficient (Wildman–Crippen LogP) is -0.453. The molecule has 1 heterocycles. The summed E-state index contributed by atoms with van der Waals surface area (Å²) < 4.78 is 22.5. The Hall–Kier alpha value is -1.11. The minimum absolute atomic E-state index is 0.0609. The predicted molar refractivity (Wildman–Crippen MR) is 70.2 cm³/mol. The van der Waals surface area contributed by atoms with Crippen molar-refractivity contribution in [1.82, 2.24) is 10.2 Å². The first-order valence-electron chi connectivity index (χ1n) is 6.55. The van der Waals surface area contributed by atoms with Gasteiger partial charge in [0, 0.05) is 25.3 Å². The fraction of sp³-hybridized carbons (Fsp3) is 0.833. The summed E-state index contributed by atoms with van der Waals surface area (Å²) in [6.07, 6.45) is 3.29. The molecule has 2 unspecified atom stereocenters. The van der Waals surface area contributed by atoms with Crippen LogP contribution in [-0.4, -0.2) is 55.8 Å². The lowest BCUT2D eigenvalue weighted by Crippen LogP contribution is -2.48. The van der Waals surface area contributed by atoms with Crippen LogP contribution in [0, 0.1) is 5.92 Å². The van der Waals surface area contributed by atoms with Crippen molar-refractivity contribution >= 4 is 21.7 Å². The Balaban J connectivity index is 2.13. The van der Waals surface area contributed by atoms with E-state index < -0.39 is 15.9 Å². The molecular formula is C12H20N2O4S. The van der Waals surface area contributed by atoms with Crippen molar-refractivity contribution in [3.05, 3.63) is 0 Å². The molecule has 1 aliphatic carbocycles. The highest BCUT2D eigenvalue weighted by atomic mass is 32.2. The molecule has 7 heteroatoms. The van der Waals surface area contributed by atoms with E-state index in [0.717, 1.165) is 19.1 Å². The Kier molecular flexibility index (Phi) is 3.85. The molecule has 0 aromatic rings. The molecule has 6 nitrogen and oxygen atoms in total. The van der Waals surface area contributed by atoms with Gasteiger partial charge in [-0.1, -0.05) is 0 Å². The number of hydrogen-bond acceptors (Lipinski definition) is 4. The molecule has 0 spiro atoms. The van der Waals surface area contributed by atoms with E-state index in [0.29, 0.717) is 0 Å². The highest BCUT2D eigenvalue weighted by Gasteiger charge is 2.42. The van der Waals surface area contributed by atoms with E-state index in [1.54, 1.807) is 11.8 Å². The van der Waals surface area contributed by atoms with Crippen LogP contribution in [0.5, 0.6) is 0 Å². The fourth-order valence-corrected chi connectivity index (χ4v) is 2.94. The van der Waals surface area contributed by atoms with Gasteiger partial charge in [-0.25, -0.2) is 8.42 Å². The lowest BCUT2D eigenvalue weighted by atomic mass is 10.1. The molecule has 2 fully saturated rings. The summed E-state index contributed by atoms with van der Waals surface area (Å²) in [5.41, 5.74) is 0. The lowest BCUT2D eigenvalue weighted by Gasteiger charge is -2.28. The van der Waals surface area contributed by atoms with Crippen molar-refractivity contribution in [2.45, 2.75) is 38.3 Å². The maximum absolute atomic E-state index is 12.4. The third kappa shape index (κ3) is 3.68. The monoisotopic (exact) mass is 288 g/mol. The normalized spacial score (nSPS) is 29.1. The van der Waals surface area contributed by atoms with Gasteiger partial charge in [0.25, 0.3) is 0 Å². The highest BCUT2D eigenvalue weighted by Crippen LogP contribution is 2.34. The number of carbonyl (C=O) groups is 2. The van der Waals surface area contributed by atoms with Gasteiger partial charge >= 0.3 is 0 Å². The first kappa shape index (κ1) is 14.3. The minimum atomic E-state index is -3.12. The minimum Gasteiger partial charge on any atom is -0.344 e. The summed E-state index contributed by atoms with van der Waals surface area (Å²) in [7, 11) is -3.12. The molecule has 1 saturated carbocycles. The van der Waals surface area contributed by atoms with Crippen LogP contribution in [0.1, 0.15) is 26.2 Å². The van der Waals surface area contributed by atoms with E-state index in [1.807, 2.05) is 0 Å². The van der Waals surface area contributed by atoms with Crippen LogP contribution in [-0.2, 0) is 19.4 Å². The van der Waals surface area contributed by atoms with Crippen molar-refractivity contribution in [1.29, 1.82) is 0 Å². The SMILES string of the molecule is CC1CC(=O)NC(C2CC2)C(=O)N1CCS(C)(=O)=O. The molecule has 0 radical (unpaired) electrons. The first-order chi connectivity index (χ1) is 8.78. The first-order valence-corrected chi connectivity index (χ1v) is 8.61. The molecule has 2 atom stereocenters. The second kappa shape index (κ2) is 5.11. The Morgan fingerprint density at radius 1 is 1.32 bits per heavy atom. The Morgan fingerprint density at radius 2 is 1.95 bits per heavy atom. The maximum Gasteiger partial charge on any atom is 0.245 e. The van der Waals surface area contributed by atoms with Crippen molar-refractivity contribution in [3.8, 4) is 0 Å². The molecule has 1 N–H and O–H groups in total. The second-order valence-corrected chi connectivity index (χ2v) is 7.86. The van der Waals surface area contributed by atoms with Gasteiger partial charge in [-0.15, -0.1) is 0 Å². The van der Waals surface area contributed by atoms with E-state index in [1.165, 1.54) is 0 Å². The van der Waals surface area contributed by atoms with Gasteiger partial charge in [-0.2, -0.15) is 0 Å². The van der Waals surface area contributed by atoms with Crippen molar-refractivity contribution in [2.24, 2.45) is 5.92 Å². The van der Waals surface area contributed by atoms with E-state index in [4.69, 9.17) is 0 Å². The average molecular weight is 288 g/mol. The largest absolute Gasteiger partial charge is 0.344 e. The van der Waals surface area contributed by atoms with Gasteiger partial charge in [0.15, 0.2) is 0 Å². The molecule has 108 valence electrons. The molecule has 2 rings (SSSR count). The zero-order valence-electron chi connectivity index (χ0n) is 11.3. The Morgan fingerprint density at radius 3 is 2.47 bits per heavy atom. The van der Waals surface area contributed by atoms with Gasteiger partial charge in [-0.3, -0.25) is 9.59 Å². The molecule has 2 aliphatic rings. The molecular weight excluding hydrogens is 268 g/mol. The second-order valence-electron chi connectivity index (χ2n) is 5.60. The standard InChI is InChI=1S/C12H20N2O4S/c1-8-7-10(15)13-11(9-3-4-9)12(16)14(8)5-6-19(2,17)18/h8-9,11H,3-7H2,1-2H3,(H,13,15). The number of carbonyl (C=O) groups excluding carboxylic acids is 2. The summed E-state index contributed by atoms with van der Waals surface area (Å²) in [5.74, 6) is -0.0964. The van der Waals surface area contributed by atoms with Crippen molar-refractivity contribution in [2.75, 3.05) is 18.6 Å². The highest BCUT2D eigenvalue weighted by molar-refractivity contribution is 7.90. The Bertz CT molecular complexity index is 484. The lowest BCUT2D eigenvalue weighted by molar-refractivity contribution is -0.135. The summed E-state index contributed by atoms with van der Waals surface area (Å²) >= 11 is 0. The quantitative estimate of drug-likeness (QED) is 0.759. The molecule has 0 aromatic heterocycles. The van der Waals surface area contributed by atoms with Gasteiger partial charge in [0.1, 0.15) is 15.9 Å². The molecule has 19 heavy (non-hydrogen) atoms. The summed E-state index contributed by atoms with van der Waals surface area (Å²) in [4.78, 5) is 25.7. The van der Waals surface area contributed by atoms with E-state index in [-0.39, 0.29) is 42.5 Å². The third-order valence-corrected chi connectivity index (χ3v) is 4.60. The fourth-order valence-electron chi connectivity index (χ4n) is 2.41. The van der Waals surface area contributed by atoms with E-state index >= 15 is 0 Å². The van der Waals surface area contributed by atoms with Gasteiger partial charge in [0.2, 0.25) is 11.8 Å². The molecule has 2 amide bonds. The van der Waals surface area contributed by atoms with Crippen LogP contribution >= 0.6 is 0 Å². The zero-order valence-corrected chi connectivity index (χ0v) is 12.1. The third-order valence-electron chi connectivity index (χ3n) is 3.67. The number of rotatable bonds is 4. The number of nitrogens with zero attached hydrogens (tertiary/aromatic N) is 1. The summed E-state index contributed by atoms with van der Waals surface area (Å²) in [5, 5.41) is 2.77. The van der Waals surface area contributed by atoms with Crippen LogP contribution in [0.15, 0.2) is 0 Å². The number of amides is 2. The van der Waals surface area contributed by atoms with Crippen LogP contribution in [0.25, 0.3) is 0 Å². The van der Waals surface area contributed by atoms with Crippen LogP contribution in [0.3, 0.4) is 0 Å². The Labute approximate surface area is 113 Å². The molecule has 0 bridgehead atoms. The molecule has 1 saturated heterocycles. The van der Waals surface area contributed by atoms with Crippen molar-refractivity contribution in [3.63, 3.8) is 0 Å². The molecule has 1 aliphatic heterocycles. The average Bonchev–Trinajstić information content (AvgIpc) is 3.06. The van der Waals surface area contributed by atoms with E-state index in [9.17, 15) is 18.0 Å². The number of hydrogen-bond donors (Lipinski definition) is 1. The van der Waals surface area contributed by atoms with Crippen LogP contribution in [0.2, 0.25) is 0 Å². The topological polar surface area (TPSA) is 83.6 Å². The van der Waals surface area contributed by atoms with Crippen LogP contribution in [0.4, 0.5) is 0 Å². The molecule has 0 aromatic carbocycles. The van der Waals surface area contributed by atoms with Gasteiger partial charge in [-0.05, 0) is 25.7 Å². The smallest absolute Gasteiger partial charge is 0.245 e. The van der Waals surface area contributed by atoms with Gasteiger partial charge < -0.3 is 10.2 Å².